The summed E-state index contributed by atoms with van der Waals surface area (Å²) in [4.78, 5) is 18.2. The van der Waals surface area contributed by atoms with Gasteiger partial charge in [-0.05, 0) is 44.0 Å². The lowest BCUT2D eigenvalue weighted by Crippen LogP contribution is -1.93. The number of imidazole rings is 1. The van der Waals surface area contributed by atoms with Crippen molar-refractivity contribution in [1.82, 2.24) is 9.97 Å². The number of ketones is 1. The van der Waals surface area contributed by atoms with Crippen molar-refractivity contribution in [1.29, 1.82) is 0 Å². The molecule has 14 heavy (non-hydrogen) atoms. The van der Waals surface area contributed by atoms with Crippen molar-refractivity contribution < 1.29 is 4.79 Å². The molecular formula is C9H6Br2N2O. The Bertz CT molecular complexity index is 480. The first kappa shape index (κ1) is 9.86. The number of H-pyrrole nitrogens is 1. The van der Waals surface area contributed by atoms with Crippen LogP contribution in [0, 0.1) is 0 Å². The minimum Gasteiger partial charge on any atom is -0.335 e. The van der Waals surface area contributed by atoms with E-state index < -0.39 is 0 Å². The van der Waals surface area contributed by atoms with Gasteiger partial charge in [0, 0.05) is 15.9 Å². The van der Waals surface area contributed by atoms with Gasteiger partial charge in [-0.15, -0.1) is 0 Å². The number of benzene rings is 1. The number of aromatic nitrogens is 2. The molecule has 0 amide bonds. The largest absolute Gasteiger partial charge is 0.335 e. The third-order valence-corrected chi connectivity index (χ3v) is 3.70. The molecule has 0 unspecified atom stereocenters. The zero-order valence-electron chi connectivity index (χ0n) is 7.27. The Labute approximate surface area is 97.2 Å². The molecule has 0 saturated carbocycles. The van der Waals surface area contributed by atoms with Crippen molar-refractivity contribution in [2.24, 2.45) is 0 Å². The average molecular weight is 318 g/mol. The lowest BCUT2D eigenvalue weighted by atomic mass is 10.3. The quantitative estimate of drug-likeness (QED) is 0.820. The molecule has 0 aliphatic carbocycles. The maximum absolute atomic E-state index is 11.1. The minimum atomic E-state index is -0.0616. The van der Waals surface area contributed by atoms with Gasteiger partial charge in [0.15, 0.2) is 11.6 Å². The second kappa shape index (κ2) is 3.47. The van der Waals surface area contributed by atoms with Crippen LogP contribution in [0.15, 0.2) is 21.1 Å². The second-order valence-electron chi connectivity index (χ2n) is 2.93. The number of halogens is 2. The number of Topliss-reactive ketones (excluding diaryl/α,β-unsaturated/α-hetero) is 1. The maximum atomic E-state index is 11.1. The number of carbonyl (C=O) groups excluding carboxylic acids is 1. The van der Waals surface area contributed by atoms with E-state index in [-0.39, 0.29) is 5.78 Å². The van der Waals surface area contributed by atoms with Gasteiger partial charge in [0.1, 0.15) is 0 Å². The van der Waals surface area contributed by atoms with Crippen LogP contribution in [-0.4, -0.2) is 15.8 Å². The normalized spacial score (nSPS) is 10.8. The lowest BCUT2D eigenvalue weighted by molar-refractivity contribution is 0.100. The van der Waals surface area contributed by atoms with Crippen LogP contribution in [0.25, 0.3) is 11.0 Å². The monoisotopic (exact) mass is 316 g/mol. The summed E-state index contributed by atoms with van der Waals surface area (Å²) in [5.41, 5.74) is 1.63. The van der Waals surface area contributed by atoms with Crippen molar-refractivity contribution in [2.45, 2.75) is 6.92 Å². The molecule has 0 aliphatic rings. The summed E-state index contributed by atoms with van der Waals surface area (Å²) >= 11 is 6.76. The Balaban J connectivity index is 2.72. The van der Waals surface area contributed by atoms with Gasteiger partial charge >= 0.3 is 0 Å². The number of carbonyl (C=O) groups is 1. The smallest absolute Gasteiger partial charge is 0.195 e. The molecule has 3 nitrogen and oxygen atoms in total. The molecule has 0 spiro atoms. The van der Waals surface area contributed by atoms with E-state index in [0.717, 1.165) is 20.0 Å². The number of aromatic amines is 1. The highest BCUT2D eigenvalue weighted by Crippen LogP contribution is 2.27. The average Bonchev–Trinajstić information content (AvgIpc) is 2.48. The first-order chi connectivity index (χ1) is 6.58. The molecule has 0 saturated heterocycles. The van der Waals surface area contributed by atoms with E-state index >= 15 is 0 Å². The van der Waals surface area contributed by atoms with Crippen molar-refractivity contribution in [3.05, 3.63) is 26.9 Å². The summed E-state index contributed by atoms with van der Waals surface area (Å²) in [7, 11) is 0. The zero-order chi connectivity index (χ0) is 10.3. The van der Waals surface area contributed by atoms with Crippen molar-refractivity contribution >= 4 is 48.7 Å². The summed E-state index contributed by atoms with van der Waals surface area (Å²) in [5, 5.41) is 0. The number of nitrogens with one attached hydrogen (secondary N) is 1. The van der Waals surface area contributed by atoms with E-state index in [1.807, 2.05) is 12.1 Å². The predicted octanol–water partition coefficient (Wildman–Crippen LogP) is 3.29. The molecule has 0 aliphatic heterocycles. The molecule has 0 bridgehead atoms. The molecule has 0 radical (unpaired) electrons. The summed E-state index contributed by atoms with van der Waals surface area (Å²) in [6, 6.07) is 3.75. The summed E-state index contributed by atoms with van der Waals surface area (Å²) in [5.74, 6) is 0.332. The molecule has 2 aromatic rings. The Kier molecular flexibility index (Phi) is 2.45. The van der Waals surface area contributed by atoms with Gasteiger partial charge in [0.2, 0.25) is 0 Å². The highest BCUT2D eigenvalue weighted by molar-refractivity contribution is 9.13. The van der Waals surface area contributed by atoms with Crippen LogP contribution in [-0.2, 0) is 0 Å². The fourth-order valence-corrected chi connectivity index (χ4v) is 1.85. The topological polar surface area (TPSA) is 45.8 Å². The van der Waals surface area contributed by atoms with E-state index in [2.05, 4.69) is 41.8 Å². The molecular weight excluding hydrogens is 312 g/mol. The van der Waals surface area contributed by atoms with Crippen LogP contribution in [0.1, 0.15) is 17.5 Å². The van der Waals surface area contributed by atoms with Crippen LogP contribution in [0.5, 0.6) is 0 Å². The fraction of sp³-hybridized carbons (Fsp3) is 0.111. The van der Waals surface area contributed by atoms with Gasteiger partial charge in [-0.25, -0.2) is 4.98 Å². The maximum Gasteiger partial charge on any atom is 0.195 e. The molecule has 1 N–H and O–H groups in total. The second-order valence-corrected chi connectivity index (χ2v) is 4.63. The van der Waals surface area contributed by atoms with Crippen molar-refractivity contribution in [3.63, 3.8) is 0 Å². The zero-order valence-corrected chi connectivity index (χ0v) is 10.4. The van der Waals surface area contributed by atoms with Crippen molar-refractivity contribution in [2.75, 3.05) is 0 Å². The standard InChI is InChI=1S/C9H6Br2N2O/c1-4(14)9-12-7-2-5(10)6(11)3-8(7)13-9/h2-3H,1H3,(H,12,13). The lowest BCUT2D eigenvalue weighted by Gasteiger charge is -1.93. The predicted molar refractivity (Wildman–Crippen MR) is 61.5 cm³/mol. The molecule has 0 atom stereocenters. The van der Waals surface area contributed by atoms with Crippen molar-refractivity contribution in [3.8, 4) is 0 Å². The Morgan fingerprint density at radius 1 is 1.36 bits per heavy atom. The van der Waals surface area contributed by atoms with Crippen LogP contribution in [0.3, 0.4) is 0 Å². The Morgan fingerprint density at radius 2 is 2.00 bits per heavy atom. The molecule has 5 heteroatoms. The fourth-order valence-electron chi connectivity index (χ4n) is 1.17. The third kappa shape index (κ3) is 1.62. The van der Waals surface area contributed by atoms with Gasteiger partial charge in [-0.1, -0.05) is 0 Å². The summed E-state index contributed by atoms with van der Waals surface area (Å²) in [6.07, 6.45) is 0. The van der Waals surface area contributed by atoms with Crippen LogP contribution in [0.2, 0.25) is 0 Å². The van der Waals surface area contributed by atoms with Crippen LogP contribution in [0.4, 0.5) is 0 Å². The molecule has 72 valence electrons. The minimum absolute atomic E-state index is 0.0616. The Hall–Kier alpha value is -0.680. The highest BCUT2D eigenvalue weighted by Gasteiger charge is 2.08. The number of hydrogen-bond acceptors (Lipinski definition) is 2. The van der Waals surface area contributed by atoms with Crippen LogP contribution < -0.4 is 0 Å². The van der Waals surface area contributed by atoms with Gasteiger partial charge < -0.3 is 4.98 Å². The number of fused-ring (bicyclic) bond motifs is 1. The molecule has 1 heterocycles. The van der Waals surface area contributed by atoms with E-state index in [1.54, 1.807) is 0 Å². The van der Waals surface area contributed by atoms with E-state index in [4.69, 9.17) is 0 Å². The summed E-state index contributed by atoms with van der Waals surface area (Å²) in [6.45, 7) is 1.49. The van der Waals surface area contributed by atoms with E-state index in [9.17, 15) is 4.79 Å². The number of rotatable bonds is 1. The van der Waals surface area contributed by atoms with E-state index in [0.29, 0.717) is 5.82 Å². The van der Waals surface area contributed by atoms with E-state index in [1.165, 1.54) is 6.92 Å². The van der Waals surface area contributed by atoms with Gasteiger partial charge in [-0.3, -0.25) is 4.79 Å². The number of nitrogens with zero attached hydrogens (tertiary/aromatic N) is 1. The first-order valence-electron chi connectivity index (χ1n) is 3.93. The van der Waals surface area contributed by atoms with Crippen LogP contribution >= 0.6 is 31.9 Å². The van der Waals surface area contributed by atoms with Gasteiger partial charge in [0.25, 0.3) is 0 Å². The molecule has 1 aromatic carbocycles. The molecule has 1 aromatic heterocycles. The summed E-state index contributed by atoms with van der Waals surface area (Å²) < 4.78 is 1.86. The Morgan fingerprint density at radius 3 is 2.64 bits per heavy atom. The van der Waals surface area contributed by atoms with Gasteiger partial charge in [0.05, 0.1) is 11.0 Å². The molecule has 0 fully saturated rings. The first-order valence-corrected chi connectivity index (χ1v) is 5.52. The van der Waals surface area contributed by atoms with Gasteiger partial charge in [-0.2, -0.15) is 0 Å². The SMILES string of the molecule is CC(=O)c1nc2cc(Br)c(Br)cc2[nH]1. The molecule has 2 rings (SSSR count). The third-order valence-electron chi connectivity index (χ3n) is 1.86. The number of hydrogen-bond donors (Lipinski definition) is 1. The highest BCUT2D eigenvalue weighted by atomic mass is 79.9.